The Morgan fingerprint density at radius 2 is 1.96 bits per heavy atom. The standard InChI is InChI=1S/C19H15FN2O3S/c1-19(2)17(23)16(14-9-11(10-21)3-8-15(14)25-19)18(24)26-22-13-6-4-12(20)5-7-13/h3-9,16,22H,1-2H3. The molecule has 132 valence electrons. The molecule has 0 aromatic heterocycles. The number of nitrogens with one attached hydrogen (secondary N) is 1. The first kappa shape index (κ1) is 18.0. The summed E-state index contributed by atoms with van der Waals surface area (Å²) in [6.45, 7) is 3.21. The summed E-state index contributed by atoms with van der Waals surface area (Å²) < 4.78 is 21.5. The predicted molar refractivity (Wildman–Crippen MR) is 96.2 cm³/mol. The van der Waals surface area contributed by atoms with E-state index >= 15 is 0 Å². The van der Waals surface area contributed by atoms with E-state index < -0.39 is 16.6 Å². The van der Waals surface area contributed by atoms with Crippen LogP contribution in [0.5, 0.6) is 5.75 Å². The molecular weight excluding hydrogens is 355 g/mol. The molecule has 0 bridgehead atoms. The highest BCUT2D eigenvalue weighted by atomic mass is 32.2. The summed E-state index contributed by atoms with van der Waals surface area (Å²) in [6, 6.07) is 12.2. The summed E-state index contributed by atoms with van der Waals surface area (Å²) in [4.78, 5) is 25.6. The molecular formula is C19H15FN2O3S. The predicted octanol–water partition coefficient (Wildman–Crippen LogP) is 3.81. The van der Waals surface area contributed by atoms with Gasteiger partial charge in [-0.1, -0.05) is 0 Å². The molecule has 0 amide bonds. The van der Waals surface area contributed by atoms with Crippen molar-refractivity contribution in [3.8, 4) is 11.8 Å². The molecule has 1 aliphatic heterocycles. The Labute approximate surface area is 154 Å². The van der Waals surface area contributed by atoms with Gasteiger partial charge in [-0.3, -0.25) is 9.59 Å². The number of hydrogen-bond donors (Lipinski definition) is 1. The third kappa shape index (κ3) is 3.41. The quantitative estimate of drug-likeness (QED) is 0.654. The van der Waals surface area contributed by atoms with Gasteiger partial charge in [-0.05, 0) is 56.3 Å². The average Bonchev–Trinajstić information content (AvgIpc) is 2.61. The van der Waals surface area contributed by atoms with Gasteiger partial charge in [0.05, 0.1) is 11.6 Å². The number of Topliss-reactive ketones (excluding diaryl/α,β-unsaturated/α-hetero) is 1. The molecule has 1 aliphatic rings. The molecule has 1 heterocycles. The van der Waals surface area contributed by atoms with E-state index in [0.717, 1.165) is 11.9 Å². The van der Waals surface area contributed by atoms with Crippen LogP contribution in [0.15, 0.2) is 42.5 Å². The Morgan fingerprint density at radius 1 is 1.27 bits per heavy atom. The lowest BCUT2D eigenvalue weighted by atomic mass is 9.83. The first-order chi connectivity index (χ1) is 12.3. The minimum Gasteiger partial charge on any atom is -0.480 e. The largest absolute Gasteiger partial charge is 0.480 e. The highest BCUT2D eigenvalue weighted by Gasteiger charge is 2.46. The molecule has 2 aromatic carbocycles. The first-order valence-electron chi connectivity index (χ1n) is 7.81. The molecule has 0 saturated heterocycles. The molecule has 26 heavy (non-hydrogen) atoms. The lowest BCUT2D eigenvalue weighted by molar-refractivity contribution is -0.138. The molecule has 2 aromatic rings. The zero-order valence-electron chi connectivity index (χ0n) is 14.1. The fraction of sp³-hybridized carbons (Fsp3) is 0.211. The van der Waals surface area contributed by atoms with Crippen molar-refractivity contribution >= 4 is 28.5 Å². The summed E-state index contributed by atoms with van der Waals surface area (Å²) in [6.07, 6.45) is 0. The van der Waals surface area contributed by atoms with E-state index in [1.807, 2.05) is 6.07 Å². The number of hydrogen-bond acceptors (Lipinski definition) is 6. The summed E-state index contributed by atoms with van der Waals surface area (Å²) in [5.74, 6) is -1.40. The van der Waals surface area contributed by atoms with Crippen molar-refractivity contribution in [3.63, 3.8) is 0 Å². The second-order valence-electron chi connectivity index (χ2n) is 6.30. The van der Waals surface area contributed by atoms with Crippen LogP contribution in [0.3, 0.4) is 0 Å². The van der Waals surface area contributed by atoms with Crippen molar-refractivity contribution in [2.24, 2.45) is 0 Å². The Hall–Kier alpha value is -2.85. The van der Waals surface area contributed by atoms with E-state index in [4.69, 9.17) is 10.00 Å². The number of benzene rings is 2. The van der Waals surface area contributed by atoms with E-state index in [0.29, 0.717) is 22.6 Å². The van der Waals surface area contributed by atoms with Crippen LogP contribution < -0.4 is 9.46 Å². The van der Waals surface area contributed by atoms with Crippen LogP contribution in [-0.2, 0) is 9.59 Å². The molecule has 5 nitrogen and oxygen atoms in total. The van der Waals surface area contributed by atoms with Crippen LogP contribution in [0.25, 0.3) is 0 Å². The van der Waals surface area contributed by atoms with Crippen molar-refractivity contribution < 1.29 is 18.7 Å². The normalized spacial score (nSPS) is 17.6. The van der Waals surface area contributed by atoms with Crippen molar-refractivity contribution in [1.82, 2.24) is 0 Å². The molecule has 1 N–H and O–H groups in total. The van der Waals surface area contributed by atoms with E-state index in [-0.39, 0.29) is 11.6 Å². The number of nitrogens with zero attached hydrogens (tertiary/aromatic N) is 1. The Balaban J connectivity index is 1.89. The fourth-order valence-corrected chi connectivity index (χ4v) is 3.38. The lowest BCUT2D eigenvalue weighted by Gasteiger charge is -2.35. The average molecular weight is 370 g/mol. The molecule has 1 atom stereocenters. The number of nitriles is 1. The molecule has 0 spiro atoms. The number of carbonyl (C=O) groups is 2. The number of halogens is 1. The number of fused-ring (bicyclic) bond motifs is 1. The third-order valence-corrected chi connectivity index (χ3v) is 4.79. The molecule has 1 unspecified atom stereocenters. The maximum Gasteiger partial charge on any atom is 0.224 e. The van der Waals surface area contributed by atoms with Gasteiger partial charge in [0.2, 0.25) is 5.12 Å². The van der Waals surface area contributed by atoms with Gasteiger partial charge in [0.15, 0.2) is 11.4 Å². The highest BCUT2D eigenvalue weighted by molar-refractivity contribution is 8.14. The number of anilines is 1. The van der Waals surface area contributed by atoms with Crippen LogP contribution in [0.1, 0.15) is 30.9 Å². The topological polar surface area (TPSA) is 79.2 Å². The summed E-state index contributed by atoms with van der Waals surface area (Å²) in [5, 5.41) is 8.67. The number of ketones is 1. The van der Waals surface area contributed by atoms with Crippen LogP contribution in [0.2, 0.25) is 0 Å². The second kappa shape index (κ2) is 6.81. The van der Waals surface area contributed by atoms with Crippen LogP contribution in [-0.4, -0.2) is 16.5 Å². The number of carbonyl (C=O) groups excluding carboxylic acids is 2. The Morgan fingerprint density at radius 3 is 2.62 bits per heavy atom. The van der Waals surface area contributed by atoms with Crippen molar-refractivity contribution in [1.29, 1.82) is 5.26 Å². The van der Waals surface area contributed by atoms with E-state index in [2.05, 4.69) is 4.72 Å². The smallest absolute Gasteiger partial charge is 0.224 e. The second-order valence-corrected chi connectivity index (χ2v) is 7.11. The molecule has 0 aliphatic carbocycles. The van der Waals surface area contributed by atoms with Gasteiger partial charge in [-0.2, -0.15) is 5.26 Å². The van der Waals surface area contributed by atoms with E-state index in [9.17, 15) is 14.0 Å². The first-order valence-corrected chi connectivity index (χ1v) is 8.63. The van der Waals surface area contributed by atoms with Crippen LogP contribution in [0.4, 0.5) is 10.1 Å². The van der Waals surface area contributed by atoms with Gasteiger partial charge >= 0.3 is 0 Å². The van der Waals surface area contributed by atoms with Gasteiger partial charge in [-0.15, -0.1) is 0 Å². The molecule has 0 fully saturated rings. The maximum absolute atomic E-state index is 13.0. The molecule has 0 radical (unpaired) electrons. The van der Waals surface area contributed by atoms with Gasteiger partial charge in [0.1, 0.15) is 17.5 Å². The van der Waals surface area contributed by atoms with E-state index in [1.54, 1.807) is 26.0 Å². The van der Waals surface area contributed by atoms with Gasteiger partial charge in [-0.25, -0.2) is 4.39 Å². The molecule has 3 rings (SSSR count). The zero-order chi connectivity index (χ0) is 18.9. The van der Waals surface area contributed by atoms with Gasteiger partial charge in [0, 0.05) is 23.2 Å². The van der Waals surface area contributed by atoms with Crippen molar-refractivity contribution in [2.75, 3.05) is 4.72 Å². The SMILES string of the molecule is CC1(C)Oc2ccc(C#N)cc2C(C(=O)SNc2ccc(F)cc2)C1=O. The Bertz CT molecular complexity index is 919. The third-order valence-electron chi connectivity index (χ3n) is 4.02. The minimum absolute atomic E-state index is 0.342. The van der Waals surface area contributed by atoms with Crippen molar-refractivity contribution in [3.05, 3.63) is 59.4 Å². The lowest BCUT2D eigenvalue weighted by Crippen LogP contribution is -2.47. The van der Waals surface area contributed by atoms with Crippen molar-refractivity contribution in [2.45, 2.75) is 25.4 Å². The summed E-state index contributed by atoms with van der Waals surface area (Å²) in [7, 11) is 0. The molecule has 0 saturated carbocycles. The van der Waals surface area contributed by atoms with Gasteiger partial charge < -0.3 is 9.46 Å². The van der Waals surface area contributed by atoms with Crippen LogP contribution in [0, 0.1) is 17.1 Å². The fourth-order valence-electron chi connectivity index (χ4n) is 2.67. The number of rotatable bonds is 3. The Kier molecular flexibility index (Phi) is 4.70. The van der Waals surface area contributed by atoms with Gasteiger partial charge in [0.25, 0.3) is 0 Å². The number of ether oxygens (including phenoxy) is 1. The highest BCUT2D eigenvalue weighted by Crippen LogP contribution is 2.41. The minimum atomic E-state index is -1.15. The summed E-state index contributed by atoms with van der Waals surface area (Å²) >= 11 is 0.753. The monoisotopic (exact) mass is 370 g/mol. The maximum atomic E-state index is 13.0. The summed E-state index contributed by atoms with van der Waals surface area (Å²) in [5.41, 5.74) is 0.105. The molecule has 7 heteroatoms. The van der Waals surface area contributed by atoms with Crippen LogP contribution >= 0.6 is 11.9 Å². The van der Waals surface area contributed by atoms with E-state index in [1.165, 1.54) is 30.3 Å². The zero-order valence-corrected chi connectivity index (χ0v) is 14.9.